The van der Waals surface area contributed by atoms with Gasteiger partial charge in [-0.15, -0.1) is 0 Å². The summed E-state index contributed by atoms with van der Waals surface area (Å²) in [4.78, 5) is 22.8. The molecule has 13 heteroatoms. The second kappa shape index (κ2) is 14.1. The maximum absolute atomic E-state index is 13.7. The van der Waals surface area contributed by atoms with Crippen LogP contribution in [-0.2, 0) is 23.1 Å². The SMILES string of the molecule is C=CC(=O)Nc1cccc(-c2nc(Nc3ccc(N4CCOCC4)c(OP(=O)(OC(C)C)OC(C)C)c3)ncc2Cl)c1. The van der Waals surface area contributed by atoms with E-state index in [2.05, 4.69) is 32.1 Å². The van der Waals surface area contributed by atoms with Crippen molar-refractivity contribution in [3.05, 3.63) is 66.3 Å². The molecule has 0 spiro atoms. The van der Waals surface area contributed by atoms with Gasteiger partial charge in [-0.2, -0.15) is 0 Å². The fraction of sp³-hybridized carbons (Fsp3) is 0.345. The minimum Gasteiger partial charge on any atom is -0.402 e. The van der Waals surface area contributed by atoms with Crippen molar-refractivity contribution < 1.29 is 27.7 Å². The van der Waals surface area contributed by atoms with E-state index in [1.165, 1.54) is 12.3 Å². The third-order valence-electron chi connectivity index (χ3n) is 5.79. The van der Waals surface area contributed by atoms with Crippen LogP contribution in [0.15, 0.2) is 61.3 Å². The van der Waals surface area contributed by atoms with Crippen molar-refractivity contribution in [1.29, 1.82) is 0 Å². The molecule has 42 heavy (non-hydrogen) atoms. The highest BCUT2D eigenvalue weighted by atomic mass is 35.5. The second-order valence-corrected chi connectivity index (χ2v) is 11.8. The predicted octanol–water partition coefficient (Wildman–Crippen LogP) is 6.84. The number of aromatic nitrogens is 2. The molecule has 1 aliphatic heterocycles. The molecule has 1 saturated heterocycles. The van der Waals surface area contributed by atoms with E-state index in [9.17, 15) is 9.36 Å². The van der Waals surface area contributed by atoms with E-state index in [0.717, 1.165) is 5.69 Å². The number of hydrogen-bond acceptors (Lipinski definition) is 10. The summed E-state index contributed by atoms with van der Waals surface area (Å²) in [7, 11) is -3.98. The number of halogens is 1. The first kappa shape index (κ1) is 31.5. The largest absolute Gasteiger partial charge is 0.530 e. The molecule has 2 aromatic carbocycles. The zero-order valence-electron chi connectivity index (χ0n) is 24.0. The Labute approximate surface area is 250 Å². The van der Waals surface area contributed by atoms with Crippen LogP contribution in [0.25, 0.3) is 11.3 Å². The average Bonchev–Trinajstić information content (AvgIpc) is 2.93. The first-order chi connectivity index (χ1) is 20.0. The molecule has 224 valence electrons. The monoisotopic (exact) mass is 615 g/mol. The number of carbonyl (C=O) groups is 1. The van der Waals surface area contributed by atoms with Gasteiger partial charge in [0, 0.05) is 36.1 Å². The summed E-state index contributed by atoms with van der Waals surface area (Å²) in [5, 5.41) is 6.24. The summed E-state index contributed by atoms with van der Waals surface area (Å²) in [5.74, 6) is 0.246. The lowest BCUT2D eigenvalue weighted by atomic mass is 10.1. The molecular weight excluding hydrogens is 581 g/mol. The van der Waals surface area contributed by atoms with E-state index < -0.39 is 20.0 Å². The summed E-state index contributed by atoms with van der Waals surface area (Å²) in [6.07, 6.45) is 1.89. The lowest BCUT2D eigenvalue weighted by Gasteiger charge is -2.31. The number of ether oxygens (including phenoxy) is 1. The van der Waals surface area contributed by atoms with Crippen molar-refractivity contribution in [3.8, 4) is 17.0 Å². The van der Waals surface area contributed by atoms with E-state index in [4.69, 9.17) is 29.9 Å². The molecule has 0 aliphatic carbocycles. The van der Waals surface area contributed by atoms with Crippen molar-refractivity contribution in [2.24, 2.45) is 0 Å². The van der Waals surface area contributed by atoms with E-state index in [-0.39, 0.29) is 11.9 Å². The van der Waals surface area contributed by atoms with Crippen LogP contribution < -0.4 is 20.1 Å². The van der Waals surface area contributed by atoms with Crippen LogP contribution in [-0.4, -0.2) is 54.4 Å². The Morgan fingerprint density at radius 2 is 1.81 bits per heavy atom. The summed E-state index contributed by atoms with van der Waals surface area (Å²) < 4.78 is 36.5. The van der Waals surface area contributed by atoms with E-state index in [1.807, 2.05) is 18.2 Å². The topological polar surface area (TPSA) is 124 Å². The Kier molecular flexibility index (Phi) is 10.6. The van der Waals surface area contributed by atoms with E-state index in [0.29, 0.717) is 59.7 Å². The summed E-state index contributed by atoms with van der Waals surface area (Å²) in [5.41, 5.74) is 3.00. The van der Waals surface area contributed by atoms with Crippen LogP contribution in [0.3, 0.4) is 0 Å². The van der Waals surface area contributed by atoms with Gasteiger partial charge in [-0.1, -0.05) is 30.3 Å². The number of carbonyl (C=O) groups excluding carboxylic acids is 1. The van der Waals surface area contributed by atoms with Gasteiger partial charge >= 0.3 is 7.82 Å². The third kappa shape index (κ3) is 8.53. The van der Waals surface area contributed by atoms with Gasteiger partial charge in [0.15, 0.2) is 5.75 Å². The van der Waals surface area contributed by atoms with Crippen molar-refractivity contribution in [2.75, 3.05) is 41.8 Å². The highest BCUT2D eigenvalue weighted by Crippen LogP contribution is 2.53. The fourth-order valence-corrected chi connectivity index (χ4v) is 5.89. The molecule has 1 amide bonds. The highest BCUT2D eigenvalue weighted by Gasteiger charge is 2.33. The molecule has 1 aliphatic rings. The van der Waals surface area contributed by atoms with Crippen molar-refractivity contribution in [3.63, 3.8) is 0 Å². The second-order valence-electron chi connectivity index (χ2n) is 9.92. The Morgan fingerprint density at radius 1 is 1.10 bits per heavy atom. The normalized spacial score (nSPS) is 13.7. The van der Waals surface area contributed by atoms with Gasteiger partial charge in [0.25, 0.3) is 0 Å². The predicted molar refractivity (Wildman–Crippen MR) is 165 cm³/mol. The van der Waals surface area contributed by atoms with Crippen molar-refractivity contribution in [2.45, 2.75) is 39.9 Å². The lowest BCUT2D eigenvalue weighted by molar-refractivity contribution is -0.111. The van der Waals surface area contributed by atoms with Gasteiger partial charge in [0.05, 0.1) is 48.0 Å². The minimum absolute atomic E-state index is 0.264. The smallest absolute Gasteiger partial charge is 0.402 e. The zero-order valence-corrected chi connectivity index (χ0v) is 25.7. The Hall–Kier alpha value is -3.47. The average molecular weight is 616 g/mol. The molecule has 2 N–H and O–H groups in total. The molecule has 11 nitrogen and oxygen atoms in total. The summed E-state index contributed by atoms with van der Waals surface area (Å²) >= 11 is 6.46. The van der Waals surface area contributed by atoms with E-state index >= 15 is 0 Å². The molecule has 0 unspecified atom stereocenters. The van der Waals surface area contributed by atoms with Crippen LogP contribution in [0.2, 0.25) is 5.02 Å². The first-order valence-corrected chi connectivity index (χ1v) is 15.4. The Balaban J connectivity index is 1.66. The van der Waals surface area contributed by atoms with Gasteiger partial charge in [-0.3, -0.25) is 13.8 Å². The number of phosphoric ester groups is 1. The number of nitrogens with one attached hydrogen (secondary N) is 2. The molecular formula is C29H35ClN5O6P. The molecule has 0 saturated carbocycles. The van der Waals surface area contributed by atoms with Crippen LogP contribution in [0.4, 0.5) is 23.0 Å². The van der Waals surface area contributed by atoms with Crippen molar-refractivity contribution in [1.82, 2.24) is 9.97 Å². The zero-order chi connectivity index (χ0) is 30.3. The molecule has 2 heterocycles. The number of rotatable bonds is 12. The van der Waals surface area contributed by atoms with E-state index in [1.54, 1.807) is 52.0 Å². The Bertz CT molecular complexity index is 1450. The van der Waals surface area contributed by atoms with Crippen molar-refractivity contribution >= 4 is 48.3 Å². The van der Waals surface area contributed by atoms with Gasteiger partial charge in [-0.05, 0) is 58.0 Å². The molecule has 4 rings (SSSR count). The third-order valence-corrected chi connectivity index (χ3v) is 7.85. The standard InChI is InChI=1S/C29H35ClN5O6P/c1-6-27(36)32-22-9-7-8-21(16-22)28-24(30)18-31-29(34-28)33-23-10-11-25(35-12-14-38-15-13-35)26(17-23)41-42(37,39-19(2)3)40-20(4)5/h6-11,16-20H,1,12-15H2,2-5H3,(H,32,36)(H,31,33,34). The van der Waals surface area contributed by atoms with Crippen LogP contribution in [0.5, 0.6) is 5.75 Å². The lowest BCUT2D eigenvalue weighted by Crippen LogP contribution is -2.36. The molecule has 1 aromatic heterocycles. The number of morpholine rings is 1. The van der Waals surface area contributed by atoms with Crippen LogP contribution in [0, 0.1) is 0 Å². The molecule has 0 atom stereocenters. The molecule has 3 aromatic rings. The first-order valence-electron chi connectivity index (χ1n) is 13.5. The van der Waals surface area contributed by atoms with Crippen LogP contribution >= 0.6 is 19.4 Å². The Morgan fingerprint density at radius 3 is 2.48 bits per heavy atom. The number of anilines is 4. The number of hydrogen-bond donors (Lipinski definition) is 2. The molecule has 1 fully saturated rings. The fourth-order valence-electron chi connectivity index (χ4n) is 4.13. The van der Waals surface area contributed by atoms with Gasteiger partial charge in [-0.25, -0.2) is 14.5 Å². The van der Waals surface area contributed by atoms with Gasteiger partial charge in [0.1, 0.15) is 0 Å². The number of amides is 1. The quantitative estimate of drug-likeness (QED) is 0.165. The minimum atomic E-state index is -3.98. The number of benzene rings is 2. The maximum atomic E-state index is 13.7. The summed E-state index contributed by atoms with van der Waals surface area (Å²) in [6.45, 7) is 12.9. The molecule has 0 bridgehead atoms. The van der Waals surface area contributed by atoms with Gasteiger partial charge < -0.3 is 24.8 Å². The number of phosphoric acid groups is 1. The maximum Gasteiger partial charge on any atom is 0.530 e. The highest BCUT2D eigenvalue weighted by molar-refractivity contribution is 7.49. The van der Waals surface area contributed by atoms with Gasteiger partial charge in [0.2, 0.25) is 11.9 Å². The van der Waals surface area contributed by atoms with Crippen LogP contribution in [0.1, 0.15) is 27.7 Å². The number of nitrogens with zero attached hydrogens (tertiary/aromatic N) is 3. The summed E-state index contributed by atoms with van der Waals surface area (Å²) in [6, 6.07) is 12.5. The molecule has 0 radical (unpaired) electrons.